The number of piperazine rings is 1. The molecule has 0 aromatic carbocycles. The summed E-state index contributed by atoms with van der Waals surface area (Å²) in [5, 5.41) is 3.21. The molecule has 4 nitrogen and oxygen atoms in total. The minimum Gasteiger partial charge on any atom is -0.370 e. The molecule has 1 fully saturated rings. The van der Waals surface area contributed by atoms with Gasteiger partial charge >= 0.3 is 0 Å². The molecule has 0 bridgehead atoms. The minimum atomic E-state index is 0.921. The van der Waals surface area contributed by atoms with E-state index in [1.807, 2.05) is 6.20 Å². The van der Waals surface area contributed by atoms with Gasteiger partial charge in [-0.2, -0.15) is 0 Å². The van der Waals surface area contributed by atoms with Crippen LogP contribution in [0.5, 0.6) is 0 Å². The quantitative estimate of drug-likeness (QED) is 0.850. The highest BCUT2D eigenvalue weighted by molar-refractivity contribution is 5.35. The van der Waals surface area contributed by atoms with Crippen LogP contribution in [0, 0.1) is 0 Å². The maximum Gasteiger partial charge on any atom is 0.125 e. The predicted molar refractivity (Wildman–Crippen MR) is 71.2 cm³/mol. The van der Waals surface area contributed by atoms with E-state index >= 15 is 0 Å². The number of likely N-dealkylation sites (N-methyl/N-ethyl adjacent to an activating group) is 1. The fourth-order valence-electron chi connectivity index (χ4n) is 2.07. The van der Waals surface area contributed by atoms with Crippen LogP contribution < -0.4 is 5.32 Å². The van der Waals surface area contributed by atoms with Crippen molar-refractivity contribution in [2.24, 2.45) is 0 Å². The Morgan fingerprint density at radius 2 is 2.00 bits per heavy atom. The molecule has 94 valence electrons. The van der Waals surface area contributed by atoms with E-state index in [1.54, 1.807) is 0 Å². The smallest absolute Gasteiger partial charge is 0.125 e. The van der Waals surface area contributed by atoms with Crippen LogP contribution in [-0.4, -0.2) is 54.6 Å². The first-order valence-electron chi connectivity index (χ1n) is 6.37. The third kappa shape index (κ3) is 3.68. The average molecular weight is 234 g/mol. The van der Waals surface area contributed by atoms with Gasteiger partial charge in [-0.1, -0.05) is 6.07 Å². The fourth-order valence-corrected chi connectivity index (χ4v) is 2.07. The Morgan fingerprint density at radius 1 is 1.24 bits per heavy atom. The van der Waals surface area contributed by atoms with Gasteiger partial charge in [0.2, 0.25) is 0 Å². The summed E-state index contributed by atoms with van der Waals surface area (Å²) in [4.78, 5) is 9.27. The van der Waals surface area contributed by atoms with Gasteiger partial charge < -0.3 is 10.2 Å². The van der Waals surface area contributed by atoms with Crippen LogP contribution in [-0.2, 0) is 6.54 Å². The van der Waals surface area contributed by atoms with E-state index < -0.39 is 0 Å². The van der Waals surface area contributed by atoms with Gasteiger partial charge in [-0.15, -0.1) is 0 Å². The molecule has 0 radical (unpaired) electrons. The van der Waals surface area contributed by atoms with Crippen molar-refractivity contribution in [2.75, 3.05) is 45.1 Å². The molecular formula is C13H22N4. The first-order chi connectivity index (χ1) is 8.28. The second kappa shape index (κ2) is 5.98. The van der Waals surface area contributed by atoms with Crippen molar-refractivity contribution < 1.29 is 0 Å². The Hall–Kier alpha value is -1.13. The fraction of sp³-hybridized carbons (Fsp3) is 0.615. The lowest BCUT2D eigenvalue weighted by Gasteiger charge is -2.32. The summed E-state index contributed by atoms with van der Waals surface area (Å²) in [5.41, 5.74) is 1.30. The van der Waals surface area contributed by atoms with Gasteiger partial charge in [0.15, 0.2) is 0 Å². The summed E-state index contributed by atoms with van der Waals surface area (Å²) in [6.45, 7) is 8.68. The second-order valence-corrected chi connectivity index (χ2v) is 4.66. The molecule has 0 unspecified atom stereocenters. The number of aromatic nitrogens is 1. The van der Waals surface area contributed by atoms with Gasteiger partial charge in [-0.25, -0.2) is 4.98 Å². The van der Waals surface area contributed by atoms with E-state index in [4.69, 9.17) is 0 Å². The Kier molecular flexibility index (Phi) is 4.34. The van der Waals surface area contributed by atoms with Crippen molar-refractivity contribution in [1.82, 2.24) is 14.8 Å². The molecular weight excluding hydrogens is 212 g/mol. The van der Waals surface area contributed by atoms with Crippen molar-refractivity contribution in [3.05, 3.63) is 23.9 Å². The van der Waals surface area contributed by atoms with Crippen LogP contribution in [0.15, 0.2) is 18.3 Å². The summed E-state index contributed by atoms with van der Waals surface area (Å²) in [6.07, 6.45) is 1.98. The molecule has 0 saturated carbocycles. The van der Waals surface area contributed by atoms with Crippen molar-refractivity contribution >= 4 is 5.82 Å². The van der Waals surface area contributed by atoms with E-state index in [9.17, 15) is 0 Å². The molecule has 1 aliphatic rings. The Bertz CT molecular complexity index is 328. The zero-order valence-electron chi connectivity index (χ0n) is 10.8. The average Bonchev–Trinajstić information content (AvgIpc) is 2.35. The summed E-state index contributed by atoms with van der Waals surface area (Å²) in [7, 11) is 2.18. The Balaban J connectivity index is 1.86. The number of hydrogen-bond donors (Lipinski definition) is 1. The molecule has 1 aromatic heterocycles. The molecule has 1 aromatic rings. The zero-order valence-corrected chi connectivity index (χ0v) is 10.8. The van der Waals surface area contributed by atoms with Crippen molar-refractivity contribution in [1.29, 1.82) is 0 Å². The van der Waals surface area contributed by atoms with Gasteiger partial charge in [0.25, 0.3) is 0 Å². The number of nitrogens with one attached hydrogen (secondary N) is 1. The lowest BCUT2D eigenvalue weighted by Crippen LogP contribution is -2.43. The van der Waals surface area contributed by atoms with Crippen LogP contribution in [0.4, 0.5) is 5.82 Å². The van der Waals surface area contributed by atoms with Gasteiger partial charge in [-0.3, -0.25) is 4.90 Å². The molecule has 1 saturated heterocycles. The highest BCUT2D eigenvalue weighted by Gasteiger charge is 2.13. The van der Waals surface area contributed by atoms with Crippen LogP contribution >= 0.6 is 0 Å². The number of rotatable bonds is 4. The van der Waals surface area contributed by atoms with E-state index in [0.29, 0.717) is 0 Å². The molecule has 0 amide bonds. The molecule has 0 atom stereocenters. The minimum absolute atomic E-state index is 0.921. The van der Waals surface area contributed by atoms with Crippen molar-refractivity contribution in [2.45, 2.75) is 13.5 Å². The van der Waals surface area contributed by atoms with E-state index in [2.05, 4.69) is 46.2 Å². The maximum atomic E-state index is 4.40. The first-order valence-corrected chi connectivity index (χ1v) is 6.37. The van der Waals surface area contributed by atoms with Crippen LogP contribution in [0.1, 0.15) is 12.5 Å². The summed E-state index contributed by atoms with van der Waals surface area (Å²) in [5.74, 6) is 0.967. The number of hydrogen-bond acceptors (Lipinski definition) is 4. The molecule has 4 heteroatoms. The molecule has 2 rings (SSSR count). The number of anilines is 1. The highest BCUT2D eigenvalue weighted by Crippen LogP contribution is 2.09. The molecule has 1 aliphatic heterocycles. The number of pyridine rings is 1. The van der Waals surface area contributed by atoms with Crippen LogP contribution in [0.2, 0.25) is 0 Å². The highest BCUT2D eigenvalue weighted by atomic mass is 15.2. The zero-order chi connectivity index (χ0) is 12.1. The topological polar surface area (TPSA) is 31.4 Å². The molecule has 1 N–H and O–H groups in total. The molecule has 0 spiro atoms. The van der Waals surface area contributed by atoms with Crippen LogP contribution in [0.3, 0.4) is 0 Å². The SMILES string of the molecule is CCNc1ccc(CN2CCN(C)CC2)cn1. The number of nitrogens with zero attached hydrogens (tertiary/aromatic N) is 3. The lowest BCUT2D eigenvalue weighted by molar-refractivity contribution is 0.148. The Labute approximate surface area is 104 Å². The van der Waals surface area contributed by atoms with Crippen molar-refractivity contribution in [3.63, 3.8) is 0 Å². The largest absolute Gasteiger partial charge is 0.370 e. The summed E-state index contributed by atoms with van der Waals surface area (Å²) >= 11 is 0. The first kappa shape index (κ1) is 12.3. The summed E-state index contributed by atoms with van der Waals surface area (Å²) in [6, 6.07) is 4.23. The third-order valence-electron chi connectivity index (χ3n) is 3.18. The lowest BCUT2D eigenvalue weighted by atomic mass is 10.2. The predicted octanol–water partition coefficient (Wildman–Crippen LogP) is 1.26. The molecule has 2 heterocycles. The third-order valence-corrected chi connectivity index (χ3v) is 3.18. The Morgan fingerprint density at radius 3 is 2.59 bits per heavy atom. The second-order valence-electron chi connectivity index (χ2n) is 4.66. The van der Waals surface area contributed by atoms with E-state index in [0.717, 1.165) is 32.0 Å². The standard InChI is InChI=1S/C13H22N4/c1-3-14-13-5-4-12(10-15-13)11-17-8-6-16(2)7-9-17/h4-5,10H,3,6-9,11H2,1-2H3,(H,14,15). The van der Waals surface area contributed by atoms with E-state index in [-0.39, 0.29) is 0 Å². The van der Waals surface area contributed by atoms with Gasteiger partial charge in [-0.05, 0) is 25.6 Å². The molecule has 0 aliphatic carbocycles. The van der Waals surface area contributed by atoms with Crippen LogP contribution in [0.25, 0.3) is 0 Å². The van der Waals surface area contributed by atoms with Crippen molar-refractivity contribution in [3.8, 4) is 0 Å². The van der Waals surface area contributed by atoms with E-state index in [1.165, 1.54) is 18.7 Å². The van der Waals surface area contributed by atoms with Gasteiger partial charge in [0, 0.05) is 45.5 Å². The monoisotopic (exact) mass is 234 g/mol. The van der Waals surface area contributed by atoms with Gasteiger partial charge in [0.1, 0.15) is 5.82 Å². The summed E-state index contributed by atoms with van der Waals surface area (Å²) < 4.78 is 0. The maximum absolute atomic E-state index is 4.40. The van der Waals surface area contributed by atoms with Gasteiger partial charge in [0.05, 0.1) is 0 Å². The normalized spacial score (nSPS) is 18.2. The molecule has 17 heavy (non-hydrogen) atoms.